The maximum Gasteiger partial charge on any atom is 0.211 e. The smallest absolute Gasteiger partial charge is 0.211 e. The largest absolute Gasteiger partial charge is 0.261 e. The zero-order valence-electron chi connectivity index (χ0n) is 8.81. The maximum absolute atomic E-state index is 11.3. The molecule has 1 N–H and O–H groups in total. The molecule has 0 saturated carbocycles. The van der Waals surface area contributed by atoms with Crippen molar-refractivity contribution < 1.29 is 8.42 Å². The Bertz CT molecular complexity index is 376. The highest BCUT2D eigenvalue weighted by molar-refractivity contribution is 7.89. The fourth-order valence-electron chi connectivity index (χ4n) is 1.22. The second-order valence-corrected chi connectivity index (χ2v) is 5.21. The summed E-state index contributed by atoms with van der Waals surface area (Å²) in [4.78, 5) is 4.11. The molecule has 15 heavy (non-hydrogen) atoms. The molecule has 1 rings (SSSR count). The van der Waals surface area contributed by atoms with Crippen LogP contribution < -0.4 is 4.72 Å². The van der Waals surface area contributed by atoms with Crippen LogP contribution in [0.1, 0.15) is 19.0 Å². The zero-order valence-corrected chi connectivity index (χ0v) is 9.63. The molecular weight excluding hydrogens is 212 g/mol. The molecule has 0 aliphatic carbocycles. The first kappa shape index (κ1) is 12.1. The van der Waals surface area contributed by atoms with Gasteiger partial charge in [-0.3, -0.25) is 4.98 Å². The van der Waals surface area contributed by atoms with Crippen molar-refractivity contribution in [2.75, 3.05) is 12.3 Å². The molecule has 1 aromatic rings. The van der Waals surface area contributed by atoms with Crippen LogP contribution in [0.5, 0.6) is 0 Å². The minimum absolute atomic E-state index is 0.190. The van der Waals surface area contributed by atoms with E-state index in [1.54, 1.807) is 6.20 Å². The zero-order chi connectivity index (χ0) is 11.1. The molecule has 84 valence electrons. The predicted octanol–water partition coefficient (Wildman–Crippen LogP) is 0.953. The summed E-state index contributed by atoms with van der Waals surface area (Å²) in [6.07, 6.45) is 2.97. The lowest BCUT2D eigenvalue weighted by atomic mass is 10.3. The summed E-state index contributed by atoms with van der Waals surface area (Å²) in [5.74, 6) is 0.190. The first-order valence-corrected chi connectivity index (χ1v) is 6.66. The van der Waals surface area contributed by atoms with E-state index in [2.05, 4.69) is 9.71 Å². The van der Waals surface area contributed by atoms with Crippen LogP contribution in [0.3, 0.4) is 0 Å². The van der Waals surface area contributed by atoms with Crippen molar-refractivity contribution in [3.63, 3.8) is 0 Å². The Hall–Kier alpha value is -0.940. The molecule has 4 nitrogen and oxygen atoms in total. The van der Waals surface area contributed by atoms with Crippen LogP contribution in [0.25, 0.3) is 0 Å². The lowest BCUT2D eigenvalue weighted by Gasteiger charge is -2.04. The minimum atomic E-state index is -3.08. The van der Waals surface area contributed by atoms with Crippen molar-refractivity contribution in [1.29, 1.82) is 0 Å². The Morgan fingerprint density at radius 3 is 2.80 bits per heavy atom. The van der Waals surface area contributed by atoms with Crippen molar-refractivity contribution in [1.82, 2.24) is 9.71 Å². The molecule has 5 heteroatoms. The average Bonchev–Trinajstić information content (AvgIpc) is 2.19. The quantitative estimate of drug-likeness (QED) is 0.788. The van der Waals surface area contributed by atoms with E-state index >= 15 is 0 Å². The first-order chi connectivity index (χ1) is 7.14. The summed E-state index contributed by atoms with van der Waals surface area (Å²) >= 11 is 0. The highest BCUT2D eigenvalue weighted by Crippen LogP contribution is 1.94. The lowest BCUT2D eigenvalue weighted by Crippen LogP contribution is -2.28. The molecule has 0 fully saturated rings. The standard InChI is InChI=1S/C10H16N2O2S/c1-2-9-15(13,14)12-8-6-10-5-3-4-7-11-10/h3-5,7,12H,2,6,8-9H2,1H3. The molecule has 0 bridgehead atoms. The van der Waals surface area contributed by atoms with Gasteiger partial charge in [0.05, 0.1) is 5.75 Å². The van der Waals surface area contributed by atoms with Gasteiger partial charge in [-0.1, -0.05) is 13.0 Å². The minimum Gasteiger partial charge on any atom is -0.261 e. The highest BCUT2D eigenvalue weighted by atomic mass is 32.2. The molecule has 0 atom stereocenters. The van der Waals surface area contributed by atoms with Gasteiger partial charge in [0.1, 0.15) is 0 Å². The molecule has 0 unspecified atom stereocenters. The number of nitrogens with one attached hydrogen (secondary N) is 1. The SMILES string of the molecule is CCCS(=O)(=O)NCCc1ccccn1. The third-order valence-electron chi connectivity index (χ3n) is 1.90. The van der Waals surface area contributed by atoms with Gasteiger partial charge in [0, 0.05) is 24.9 Å². The average molecular weight is 228 g/mol. The predicted molar refractivity (Wildman–Crippen MR) is 60.0 cm³/mol. The molecule has 0 aliphatic heterocycles. The van der Waals surface area contributed by atoms with Crippen LogP contribution in [-0.2, 0) is 16.4 Å². The number of aromatic nitrogens is 1. The molecule has 1 heterocycles. The third-order valence-corrected chi connectivity index (χ3v) is 3.49. The molecule has 0 spiro atoms. The molecule has 1 aromatic heterocycles. The fraction of sp³-hybridized carbons (Fsp3) is 0.500. The Kier molecular flexibility index (Phi) is 4.71. The van der Waals surface area contributed by atoms with E-state index in [0.717, 1.165) is 5.69 Å². The van der Waals surface area contributed by atoms with Gasteiger partial charge < -0.3 is 0 Å². The summed E-state index contributed by atoms with van der Waals surface area (Å²) in [7, 11) is -3.08. The lowest BCUT2D eigenvalue weighted by molar-refractivity contribution is 0.580. The van der Waals surface area contributed by atoms with Gasteiger partial charge in [0.25, 0.3) is 0 Å². The second-order valence-electron chi connectivity index (χ2n) is 3.28. The van der Waals surface area contributed by atoms with Gasteiger partial charge in [0.2, 0.25) is 10.0 Å². The Balaban J connectivity index is 2.34. The van der Waals surface area contributed by atoms with Gasteiger partial charge in [-0.15, -0.1) is 0 Å². The van der Waals surface area contributed by atoms with Crippen LogP contribution in [0.4, 0.5) is 0 Å². The molecule has 0 saturated heterocycles. The molecule has 0 aromatic carbocycles. The molecule has 0 amide bonds. The molecule has 0 radical (unpaired) electrons. The van der Waals surface area contributed by atoms with Crippen molar-refractivity contribution >= 4 is 10.0 Å². The first-order valence-electron chi connectivity index (χ1n) is 5.01. The number of rotatable bonds is 6. The molecular formula is C10H16N2O2S. The summed E-state index contributed by atoms with van der Waals surface area (Å²) in [6, 6.07) is 5.61. The van der Waals surface area contributed by atoms with Crippen LogP contribution in [0.2, 0.25) is 0 Å². The van der Waals surface area contributed by atoms with Gasteiger partial charge in [-0.2, -0.15) is 0 Å². The van der Waals surface area contributed by atoms with Crippen LogP contribution in [0.15, 0.2) is 24.4 Å². The van der Waals surface area contributed by atoms with Gasteiger partial charge >= 0.3 is 0 Å². The summed E-state index contributed by atoms with van der Waals surface area (Å²) in [5, 5.41) is 0. The summed E-state index contributed by atoms with van der Waals surface area (Å²) in [6.45, 7) is 2.26. The number of hydrogen-bond acceptors (Lipinski definition) is 3. The normalized spacial score (nSPS) is 11.5. The summed E-state index contributed by atoms with van der Waals surface area (Å²) in [5.41, 5.74) is 0.900. The summed E-state index contributed by atoms with van der Waals surface area (Å²) < 4.78 is 25.1. The highest BCUT2D eigenvalue weighted by Gasteiger charge is 2.06. The van der Waals surface area contributed by atoms with Gasteiger partial charge in [0.15, 0.2) is 0 Å². The van der Waals surface area contributed by atoms with Crippen LogP contribution >= 0.6 is 0 Å². The van der Waals surface area contributed by atoms with E-state index in [9.17, 15) is 8.42 Å². The monoisotopic (exact) mass is 228 g/mol. The van der Waals surface area contributed by atoms with Crippen LogP contribution in [0, 0.1) is 0 Å². The van der Waals surface area contributed by atoms with Crippen molar-refractivity contribution in [3.05, 3.63) is 30.1 Å². The third kappa shape index (κ3) is 4.90. The van der Waals surface area contributed by atoms with E-state index in [1.807, 2.05) is 25.1 Å². The number of hydrogen-bond donors (Lipinski definition) is 1. The fourth-order valence-corrected chi connectivity index (χ4v) is 2.32. The number of sulfonamides is 1. The number of pyridine rings is 1. The van der Waals surface area contributed by atoms with Crippen molar-refractivity contribution in [2.45, 2.75) is 19.8 Å². The van der Waals surface area contributed by atoms with Crippen molar-refractivity contribution in [3.8, 4) is 0 Å². The maximum atomic E-state index is 11.3. The van der Waals surface area contributed by atoms with E-state index in [4.69, 9.17) is 0 Å². The van der Waals surface area contributed by atoms with E-state index < -0.39 is 10.0 Å². The Labute approximate surface area is 90.8 Å². The second kappa shape index (κ2) is 5.82. The topological polar surface area (TPSA) is 59.1 Å². The number of nitrogens with zero attached hydrogens (tertiary/aromatic N) is 1. The van der Waals surface area contributed by atoms with E-state index in [-0.39, 0.29) is 5.75 Å². The van der Waals surface area contributed by atoms with Crippen LogP contribution in [-0.4, -0.2) is 25.7 Å². The Morgan fingerprint density at radius 1 is 1.40 bits per heavy atom. The molecule has 0 aliphatic rings. The van der Waals surface area contributed by atoms with Gasteiger partial charge in [-0.05, 0) is 18.6 Å². The van der Waals surface area contributed by atoms with Crippen molar-refractivity contribution in [2.24, 2.45) is 0 Å². The van der Waals surface area contributed by atoms with Gasteiger partial charge in [-0.25, -0.2) is 13.1 Å². The van der Waals surface area contributed by atoms with E-state index in [0.29, 0.717) is 19.4 Å². The Morgan fingerprint density at radius 2 is 2.20 bits per heavy atom. The van der Waals surface area contributed by atoms with E-state index in [1.165, 1.54) is 0 Å².